The highest BCUT2D eigenvalue weighted by atomic mass is 16.6. The zero-order valence-corrected chi connectivity index (χ0v) is 7.24. The molecule has 0 aromatic heterocycles. The predicted octanol–water partition coefficient (Wildman–Crippen LogP) is 0.222. The van der Waals surface area contributed by atoms with E-state index in [2.05, 4.69) is 0 Å². The first kappa shape index (κ1) is 8.83. The maximum Gasteiger partial charge on any atom is 0.428 e. The summed E-state index contributed by atoms with van der Waals surface area (Å²) in [7, 11) is 1.56. The van der Waals surface area contributed by atoms with Gasteiger partial charge in [0.25, 0.3) is 0 Å². The van der Waals surface area contributed by atoms with Crippen molar-refractivity contribution in [3.63, 3.8) is 0 Å². The summed E-state index contributed by atoms with van der Waals surface area (Å²) in [4.78, 5) is 22.1. The standard InChI is InChI=1S/C7H12N2O3/c1-3-12-7(11)9-5-4-6(10)8(9)2/h3-5H2,1-2H3. The van der Waals surface area contributed by atoms with Gasteiger partial charge in [-0.05, 0) is 6.92 Å². The minimum Gasteiger partial charge on any atom is -0.448 e. The number of hydrogen-bond donors (Lipinski definition) is 0. The summed E-state index contributed by atoms with van der Waals surface area (Å²) in [5, 5.41) is 2.59. The number of amides is 2. The Balaban J connectivity index is 2.53. The molecule has 2 amide bonds. The van der Waals surface area contributed by atoms with Crippen LogP contribution in [-0.2, 0) is 9.53 Å². The lowest BCUT2D eigenvalue weighted by atomic mass is 10.4. The molecular weight excluding hydrogens is 160 g/mol. The first-order valence-electron chi connectivity index (χ1n) is 3.87. The molecule has 0 aliphatic carbocycles. The van der Waals surface area contributed by atoms with Crippen LogP contribution in [0.1, 0.15) is 13.3 Å². The third kappa shape index (κ3) is 1.49. The SMILES string of the molecule is CCOC(=O)N1CCC(=O)N1C. The molecule has 0 unspecified atom stereocenters. The second-order valence-electron chi connectivity index (χ2n) is 2.49. The summed E-state index contributed by atoms with van der Waals surface area (Å²) in [6.45, 7) is 2.49. The van der Waals surface area contributed by atoms with E-state index >= 15 is 0 Å². The van der Waals surface area contributed by atoms with Crippen molar-refractivity contribution in [1.82, 2.24) is 10.0 Å². The Bertz CT molecular complexity index is 205. The zero-order chi connectivity index (χ0) is 9.14. The molecule has 12 heavy (non-hydrogen) atoms. The van der Waals surface area contributed by atoms with Crippen LogP contribution in [0.2, 0.25) is 0 Å². The molecule has 0 N–H and O–H groups in total. The monoisotopic (exact) mass is 172 g/mol. The lowest BCUT2D eigenvalue weighted by Gasteiger charge is -2.22. The van der Waals surface area contributed by atoms with Crippen LogP contribution in [0.25, 0.3) is 0 Å². The summed E-state index contributed by atoms with van der Waals surface area (Å²) < 4.78 is 4.74. The molecule has 1 aliphatic heterocycles. The summed E-state index contributed by atoms with van der Waals surface area (Å²) in [5.74, 6) is -0.0527. The molecule has 1 fully saturated rings. The minimum atomic E-state index is -0.453. The van der Waals surface area contributed by atoms with Gasteiger partial charge in [0.05, 0.1) is 13.2 Å². The Morgan fingerprint density at radius 3 is 2.75 bits per heavy atom. The van der Waals surface area contributed by atoms with Crippen molar-refractivity contribution in [2.45, 2.75) is 13.3 Å². The molecule has 68 valence electrons. The molecule has 0 radical (unpaired) electrons. The van der Waals surface area contributed by atoms with Gasteiger partial charge in [-0.25, -0.2) is 9.80 Å². The predicted molar refractivity (Wildman–Crippen MR) is 41.1 cm³/mol. The van der Waals surface area contributed by atoms with Crippen LogP contribution >= 0.6 is 0 Å². The zero-order valence-electron chi connectivity index (χ0n) is 7.24. The highest BCUT2D eigenvalue weighted by Gasteiger charge is 2.30. The molecule has 1 heterocycles. The molecule has 0 aromatic rings. The van der Waals surface area contributed by atoms with E-state index in [1.807, 2.05) is 0 Å². The van der Waals surface area contributed by atoms with E-state index in [9.17, 15) is 9.59 Å². The van der Waals surface area contributed by atoms with Crippen molar-refractivity contribution in [3.8, 4) is 0 Å². The Morgan fingerprint density at radius 1 is 1.67 bits per heavy atom. The fourth-order valence-corrected chi connectivity index (χ4v) is 1.06. The van der Waals surface area contributed by atoms with Gasteiger partial charge in [0.1, 0.15) is 0 Å². The molecule has 0 atom stereocenters. The third-order valence-corrected chi connectivity index (χ3v) is 1.74. The molecule has 0 aromatic carbocycles. The average molecular weight is 172 g/mol. The lowest BCUT2D eigenvalue weighted by Crippen LogP contribution is -2.40. The normalized spacial score (nSPS) is 17.0. The number of carbonyl (C=O) groups excluding carboxylic acids is 2. The van der Waals surface area contributed by atoms with Gasteiger partial charge in [-0.1, -0.05) is 0 Å². The summed E-state index contributed by atoms with van der Waals surface area (Å²) in [6, 6.07) is 0. The Kier molecular flexibility index (Phi) is 2.52. The van der Waals surface area contributed by atoms with Gasteiger partial charge < -0.3 is 4.74 Å². The Hall–Kier alpha value is -1.26. The number of hydrazine groups is 1. The highest BCUT2D eigenvalue weighted by Crippen LogP contribution is 2.10. The van der Waals surface area contributed by atoms with Crippen molar-refractivity contribution in [1.29, 1.82) is 0 Å². The number of hydrogen-bond acceptors (Lipinski definition) is 3. The largest absolute Gasteiger partial charge is 0.448 e. The number of ether oxygens (including phenoxy) is 1. The smallest absolute Gasteiger partial charge is 0.428 e. The number of nitrogens with zero attached hydrogens (tertiary/aromatic N) is 2. The molecule has 0 spiro atoms. The Morgan fingerprint density at radius 2 is 2.33 bits per heavy atom. The molecular formula is C7H12N2O3. The van der Waals surface area contributed by atoms with Gasteiger partial charge in [-0.15, -0.1) is 0 Å². The Labute approximate surface area is 70.8 Å². The maximum absolute atomic E-state index is 11.1. The van der Waals surface area contributed by atoms with Crippen LogP contribution < -0.4 is 0 Å². The van der Waals surface area contributed by atoms with E-state index in [0.29, 0.717) is 19.6 Å². The second-order valence-corrected chi connectivity index (χ2v) is 2.49. The lowest BCUT2D eigenvalue weighted by molar-refractivity contribution is -0.133. The number of carbonyl (C=O) groups is 2. The molecule has 0 bridgehead atoms. The molecule has 0 saturated carbocycles. The molecule has 5 nitrogen and oxygen atoms in total. The quantitative estimate of drug-likeness (QED) is 0.568. The van der Waals surface area contributed by atoms with Crippen molar-refractivity contribution in [3.05, 3.63) is 0 Å². The molecule has 1 rings (SSSR count). The van der Waals surface area contributed by atoms with Crippen LogP contribution in [0.3, 0.4) is 0 Å². The van der Waals surface area contributed by atoms with E-state index in [1.54, 1.807) is 14.0 Å². The topological polar surface area (TPSA) is 49.9 Å². The van der Waals surface area contributed by atoms with Crippen LogP contribution in [0.5, 0.6) is 0 Å². The van der Waals surface area contributed by atoms with Crippen LogP contribution in [0.15, 0.2) is 0 Å². The first-order chi connectivity index (χ1) is 5.66. The van der Waals surface area contributed by atoms with E-state index in [-0.39, 0.29) is 5.91 Å². The molecule has 1 saturated heterocycles. The van der Waals surface area contributed by atoms with Gasteiger partial charge in [-0.2, -0.15) is 0 Å². The van der Waals surface area contributed by atoms with Crippen LogP contribution in [0.4, 0.5) is 4.79 Å². The number of rotatable bonds is 1. The average Bonchev–Trinajstić information content (AvgIpc) is 2.34. The molecule has 1 aliphatic rings. The van der Waals surface area contributed by atoms with E-state index in [1.165, 1.54) is 10.0 Å². The van der Waals surface area contributed by atoms with Crippen molar-refractivity contribution in [2.75, 3.05) is 20.2 Å². The van der Waals surface area contributed by atoms with Gasteiger partial charge in [0.2, 0.25) is 5.91 Å². The second kappa shape index (κ2) is 3.42. The molecule has 5 heteroatoms. The van der Waals surface area contributed by atoms with Crippen molar-refractivity contribution < 1.29 is 14.3 Å². The maximum atomic E-state index is 11.1. The van der Waals surface area contributed by atoms with Crippen LogP contribution in [0, 0.1) is 0 Å². The summed E-state index contributed by atoms with van der Waals surface area (Å²) in [6.07, 6.45) is -0.0687. The van der Waals surface area contributed by atoms with Gasteiger partial charge >= 0.3 is 6.09 Å². The fraction of sp³-hybridized carbons (Fsp3) is 0.714. The fourth-order valence-electron chi connectivity index (χ4n) is 1.06. The highest BCUT2D eigenvalue weighted by molar-refractivity contribution is 5.82. The van der Waals surface area contributed by atoms with Gasteiger partial charge in [0, 0.05) is 13.5 Å². The first-order valence-corrected chi connectivity index (χ1v) is 3.87. The van der Waals surface area contributed by atoms with Gasteiger partial charge in [0.15, 0.2) is 0 Å². The minimum absolute atomic E-state index is 0.0527. The van der Waals surface area contributed by atoms with E-state index < -0.39 is 6.09 Å². The van der Waals surface area contributed by atoms with E-state index in [4.69, 9.17) is 4.74 Å². The van der Waals surface area contributed by atoms with E-state index in [0.717, 1.165) is 0 Å². The van der Waals surface area contributed by atoms with Crippen LogP contribution in [-0.4, -0.2) is 42.2 Å². The van der Waals surface area contributed by atoms with Crippen molar-refractivity contribution >= 4 is 12.0 Å². The van der Waals surface area contributed by atoms with Gasteiger partial charge in [-0.3, -0.25) is 9.80 Å². The van der Waals surface area contributed by atoms with Crippen molar-refractivity contribution in [2.24, 2.45) is 0 Å². The summed E-state index contributed by atoms with van der Waals surface area (Å²) in [5.41, 5.74) is 0. The third-order valence-electron chi connectivity index (χ3n) is 1.74. The summed E-state index contributed by atoms with van der Waals surface area (Å²) >= 11 is 0.